The van der Waals surface area contributed by atoms with Crippen molar-refractivity contribution in [3.8, 4) is 0 Å². The van der Waals surface area contributed by atoms with E-state index >= 15 is 0 Å². The van der Waals surface area contributed by atoms with E-state index in [1.807, 2.05) is 11.8 Å². The van der Waals surface area contributed by atoms with Crippen LogP contribution in [0, 0.1) is 5.82 Å². The average Bonchev–Trinajstić information content (AvgIpc) is 2.69. The van der Waals surface area contributed by atoms with Crippen LogP contribution in [0.2, 0.25) is 0 Å². The Morgan fingerprint density at radius 3 is 2.53 bits per heavy atom. The van der Waals surface area contributed by atoms with E-state index in [0.717, 1.165) is 12.8 Å². The van der Waals surface area contributed by atoms with Crippen LogP contribution in [0.5, 0.6) is 0 Å². The zero-order valence-corrected chi connectivity index (χ0v) is 11.7. The Morgan fingerprint density at radius 2 is 1.95 bits per heavy atom. The van der Waals surface area contributed by atoms with Crippen molar-refractivity contribution in [1.82, 2.24) is 10.2 Å². The topological polar surface area (TPSA) is 32.3 Å². The summed E-state index contributed by atoms with van der Waals surface area (Å²) in [5.41, 5.74) is 0.548. The van der Waals surface area contributed by atoms with E-state index in [1.165, 1.54) is 6.07 Å². The third-order valence-corrected chi connectivity index (χ3v) is 3.85. The molecule has 0 aliphatic carbocycles. The summed E-state index contributed by atoms with van der Waals surface area (Å²) in [5, 5.41) is 3.20. The summed E-state index contributed by atoms with van der Waals surface area (Å²) in [4.78, 5) is 14.1. The predicted molar refractivity (Wildman–Crippen MR) is 73.0 cm³/mol. The van der Waals surface area contributed by atoms with Gasteiger partial charge in [0, 0.05) is 11.6 Å². The summed E-state index contributed by atoms with van der Waals surface area (Å²) in [7, 11) is 0. The molecule has 104 valence electrons. The second-order valence-electron chi connectivity index (χ2n) is 5.03. The van der Waals surface area contributed by atoms with E-state index in [9.17, 15) is 9.18 Å². The molecule has 1 saturated heterocycles. The van der Waals surface area contributed by atoms with E-state index < -0.39 is 0 Å². The van der Waals surface area contributed by atoms with Gasteiger partial charge >= 0.3 is 0 Å². The number of carbonyl (C=O) groups excluding carboxylic acids is 1. The Hall–Kier alpha value is -1.42. The number of hydrogen-bond donors (Lipinski definition) is 1. The molecule has 2 rings (SSSR count). The fourth-order valence-electron chi connectivity index (χ4n) is 2.75. The molecule has 0 radical (unpaired) electrons. The molecule has 1 amide bonds. The maximum Gasteiger partial charge on any atom is 0.241 e. The predicted octanol–water partition coefficient (Wildman–Crippen LogP) is 2.83. The number of rotatable bonds is 4. The highest BCUT2D eigenvalue weighted by atomic mass is 19.1. The first kappa shape index (κ1) is 14.0. The second-order valence-corrected chi connectivity index (χ2v) is 5.03. The van der Waals surface area contributed by atoms with Crippen LogP contribution in [0.1, 0.15) is 45.3 Å². The largest absolute Gasteiger partial charge is 0.318 e. The Labute approximate surface area is 113 Å². The molecule has 2 unspecified atom stereocenters. The van der Waals surface area contributed by atoms with Crippen LogP contribution in [0.25, 0.3) is 0 Å². The molecular weight excluding hydrogens is 243 g/mol. The Bertz CT molecular complexity index is 459. The van der Waals surface area contributed by atoms with Gasteiger partial charge in [-0.1, -0.05) is 32.0 Å². The number of nitrogens with zero attached hydrogens (tertiary/aromatic N) is 1. The Morgan fingerprint density at radius 1 is 1.32 bits per heavy atom. The van der Waals surface area contributed by atoms with E-state index in [2.05, 4.69) is 19.2 Å². The molecule has 19 heavy (non-hydrogen) atoms. The van der Waals surface area contributed by atoms with Gasteiger partial charge in [-0.05, 0) is 25.8 Å². The Kier molecular flexibility index (Phi) is 4.20. The van der Waals surface area contributed by atoms with Crippen molar-refractivity contribution in [3.63, 3.8) is 0 Å². The monoisotopic (exact) mass is 264 g/mol. The summed E-state index contributed by atoms with van der Waals surface area (Å²) < 4.78 is 14.0. The summed E-state index contributed by atoms with van der Waals surface area (Å²) in [5.74, 6) is -0.209. The molecule has 1 N–H and O–H groups in total. The number of benzene rings is 1. The first-order valence-corrected chi connectivity index (χ1v) is 6.92. The molecule has 0 bridgehead atoms. The second kappa shape index (κ2) is 5.70. The zero-order chi connectivity index (χ0) is 14.0. The van der Waals surface area contributed by atoms with Gasteiger partial charge in [0.2, 0.25) is 5.91 Å². The lowest BCUT2D eigenvalue weighted by Crippen LogP contribution is -2.39. The SMILES string of the molecule is CCC(CC)N1C(=O)C(C)NC1c1ccccc1F. The van der Waals surface area contributed by atoms with E-state index in [-0.39, 0.29) is 30.0 Å². The van der Waals surface area contributed by atoms with Crippen LogP contribution in [-0.4, -0.2) is 22.9 Å². The highest BCUT2D eigenvalue weighted by Gasteiger charge is 2.40. The first-order chi connectivity index (χ1) is 9.10. The lowest BCUT2D eigenvalue weighted by atomic mass is 10.1. The van der Waals surface area contributed by atoms with Crippen molar-refractivity contribution in [2.75, 3.05) is 0 Å². The smallest absolute Gasteiger partial charge is 0.241 e. The lowest BCUT2D eigenvalue weighted by molar-refractivity contribution is -0.132. The van der Waals surface area contributed by atoms with E-state index in [1.54, 1.807) is 18.2 Å². The molecule has 1 fully saturated rings. The van der Waals surface area contributed by atoms with Gasteiger partial charge in [-0.2, -0.15) is 0 Å². The molecule has 4 heteroatoms. The maximum atomic E-state index is 14.0. The fraction of sp³-hybridized carbons (Fsp3) is 0.533. The zero-order valence-electron chi connectivity index (χ0n) is 11.7. The molecule has 0 spiro atoms. The number of nitrogens with one attached hydrogen (secondary N) is 1. The lowest BCUT2D eigenvalue weighted by Gasteiger charge is -2.32. The molecule has 3 nitrogen and oxygen atoms in total. The van der Waals surface area contributed by atoms with Crippen molar-refractivity contribution in [2.24, 2.45) is 0 Å². The van der Waals surface area contributed by atoms with Gasteiger partial charge in [0.25, 0.3) is 0 Å². The van der Waals surface area contributed by atoms with Crippen LogP contribution >= 0.6 is 0 Å². The van der Waals surface area contributed by atoms with Gasteiger partial charge in [0.15, 0.2) is 0 Å². The third-order valence-electron chi connectivity index (χ3n) is 3.85. The summed E-state index contributed by atoms with van der Waals surface area (Å²) >= 11 is 0. The third kappa shape index (κ3) is 2.50. The van der Waals surface area contributed by atoms with Crippen molar-refractivity contribution in [3.05, 3.63) is 35.6 Å². The van der Waals surface area contributed by atoms with Crippen LogP contribution in [-0.2, 0) is 4.79 Å². The highest BCUT2D eigenvalue weighted by molar-refractivity contribution is 5.84. The van der Waals surface area contributed by atoms with Crippen molar-refractivity contribution in [2.45, 2.75) is 51.9 Å². The number of halogens is 1. The van der Waals surface area contributed by atoms with Crippen molar-refractivity contribution in [1.29, 1.82) is 0 Å². The van der Waals surface area contributed by atoms with Gasteiger partial charge in [-0.15, -0.1) is 0 Å². The normalized spacial score (nSPS) is 23.4. The average molecular weight is 264 g/mol. The van der Waals surface area contributed by atoms with Crippen LogP contribution in [0.15, 0.2) is 24.3 Å². The van der Waals surface area contributed by atoms with Crippen molar-refractivity contribution < 1.29 is 9.18 Å². The minimum atomic E-state index is -0.353. The number of amides is 1. The van der Waals surface area contributed by atoms with Gasteiger partial charge in [0.05, 0.1) is 6.04 Å². The molecule has 1 aromatic carbocycles. The van der Waals surface area contributed by atoms with Crippen molar-refractivity contribution >= 4 is 5.91 Å². The van der Waals surface area contributed by atoms with Gasteiger partial charge in [-0.3, -0.25) is 10.1 Å². The van der Waals surface area contributed by atoms with Gasteiger partial charge < -0.3 is 4.90 Å². The van der Waals surface area contributed by atoms with Crippen LogP contribution in [0.4, 0.5) is 4.39 Å². The van der Waals surface area contributed by atoms with E-state index in [0.29, 0.717) is 5.56 Å². The quantitative estimate of drug-likeness (QED) is 0.907. The molecule has 0 aromatic heterocycles. The summed E-state index contributed by atoms with van der Waals surface area (Å²) in [6.07, 6.45) is 1.40. The Balaban J connectivity index is 2.38. The number of carbonyl (C=O) groups is 1. The first-order valence-electron chi connectivity index (χ1n) is 6.92. The molecule has 1 aliphatic heterocycles. The van der Waals surface area contributed by atoms with Crippen LogP contribution in [0.3, 0.4) is 0 Å². The van der Waals surface area contributed by atoms with Crippen LogP contribution < -0.4 is 5.32 Å². The van der Waals surface area contributed by atoms with Gasteiger partial charge in [0.1, 0.15) is 12.0 Å². The maximum absolute atomic E-state index is 14.0. The van der Waals surface area contributed by atoms with E-state index in [4.69, 9.17) is 0 Å². The summed E-state index contributed by atoms with van der Waals surface area (Å²) in [6.45, 7) is 5.95. The molecule has 1 aliphatic rings. The molecule has 2 atom stereocenters. The minimum Gasteiger partial charge on any atom is -0.318 e. The molecule has 1 heterocycles. The summed E-state index contributed by atoms with van der Waals surface area (Å²) in [6, 6.07) is 6.54. The molecular formula is C15H21FN2O. The molecule has 1 aromatic rings. The number of hydrogen-bond acceptors (Lipinski definition) is 2. The standard InChI is InChI=1S/C15H21FN2O/c1-4-11(5-2)18-14(17-10(3)15(18)19)12-8-6-7-9-13(12)16/h6-11,14,17H,4-5H2,1-3H3. The highest BCUT2D eigenvalue weighted by Crippen LogP contribution is 2.30. The minimum absolute atomic E-state index is 0.0574. The molecule has 0 saturated carbocycles. The fourth-order valence-corrected chi connectivity index (χ4v) is 2.75. The van der Waals surface area contributed by atoms with Gasteiger partial charge in [-0.25, -0.2) is 4.39 Å².